The van der Waals surface area contributed by atoms with Gasteiger partial charge in [-0.2, -0.15) is 15.0 Å². The van der Waals surface area contributed by atoms with Crippen molar-refractivity contribution in [2.24, 2.45) is 11.3 Å². The van der Waals surface area contributed by atoms with Gasteiger partial charge < -0.3 is 15.3 Å². The molecular weight excluding hydrogens is 258 g/mol. The molecule has 1 aromatic rings. The summed E-state index contributed by atoms with van der Waals surface area (Å²) in [7, 11) is 3.68. The molecule has 8 nitrogen and oxygen atoms in total. The first kappa shape index (κ1) is 16.4. The molecule has 20 heavy (non-hydrogen) atoms. The third-order valence-electron chi connectivity index (χ3n) is 2.92. The number of nitrogens with one attached hydrogen (secondary N) is 2. The molecule has 0 aliphatic rings. The van der Waals surface area contributed by atoms with E-state index in [1.165, 1.54) is 0 Å². The van der Waals surface area contributed by atoms with Crippen LogP contribution in [0.15, 0.2) is 0 Å². The first-order valence-electron chi connectivity index (χ1n) is 6.55. The minimum Gasteiger partial charge on any atom is -0.396 e. The summed E-state index contributed by atoms with van der Waals surface area (Å²) >= 11 is 0. The predicted octanol–water partition coefficient (Wildman–Crippen LogP) is 0.432. The van der Waals surface area contributed by atoms with Gasteiger partial charge in [0, 0.05) is 26.7 Å². The Labute approximate surface area is 119 Å². The molecule has 1 aromatic heterocycles. The number of hydrogen-bond donors (Lipinski definition) is 4. The van der Waals surface area contributed by atoms with E-state index in [0.29, 0.717) is 24.3 Å². The summed E-state index contributed by atoms with van der Waals surface area (Å²) in [6, 6.07) is 0.0375. The Bertz CT molecular complexity index is 430. The summed E-state index contributed by atoms with van der Waals surface area (Å²) in [5, 5.41) is 12.4. The van der Waals surface area contributed by atoms with Gasteiger partial charge in [-0.3, -0.25) is 5.43 Å². The maximum atomic E-state index is 9.19. The lowest BCUT2D eigenvalue weighted by Crippen LogP contribution is -2.36. The molecule has 0 aliphatic carbocycles. The fourth-order valence-corrected chi connectivity index (χ4v) is 1.70. The highest BCUT2D eigenvalue weighted by atomic mass is 16.3. The SMILES string of the molecule is CN(C)c1nc(NN)nc(NC(CCO)C(C)(C)C)n1. The first-order chi connectivity index (χ1) is 9.27. The molecule has 0 amide bonds. The number of nitrogens with two attached hydrogens (primary N) is 1. The lowest BCUT2D eigenvalue weighted by molar-refractivity contribution is 0.235. The molecular formula is C12H25N7O. The van der Waals surface area contributed by atoms with Gasteiger partial charge in [-0.1, -0.05) is 20.8 Å². The second kappa shape index (κ2) is 6.67. The van der Waals surface area contributed by atoms with Crippen molar-refractivity contribution in [1.82, 2.24) is 15.0 Å². The van der Waals surface area contributed by atoms with Crippen LogP contribution in [0.5, 0.6) is 0 Å². The van der Waals surface area contributed by atoms with E-state index >= 15 is 0 Å². The number of nitrogens with zero attached hydrogens (tertiary/aromatic N) is 4. The summed E-state index contributed by atoms with van der Waals surface area (Å²) in [5.41, 5.74) is 2.39. The minimum absolute atomic E-state index is 0.0375. The van der Waals surface area contributed by atoms with Crippen LogP contribution in [0.1, 0.15) is 27.2 Å². The zero-order chi connectivity index (χ0) is 15.3. The van der Waals surface area contributed by atoms with Crippen LogP contribution < -0.4 is 21.5 Å². The van der Waals surface area contributed by atoms with Crippen molar-refractivity contribution in [3.63, 3.8) is 0 Å². The average molecular weight is 283 g/mol. The van der Waals surface area contributed by atoms with E-state index in [2.05, 4.69) is 46.5 Å². The highest BCUT2D eigenvalue weighted by Gasteiger charge is 2.25. The van der Waals surface area contributed by atoms with Crippen molar-refractivity contribution in [2.75, 3.05) is 36.3 Å². The standard InChI is InChI=1S/C12H25N7O/c1-12(2,3)8(6-7-20)14-9-15-10(18-13)17-11(16-9)19(4)5/h8,20H,6-7,13H2,1-5H3,(H2,14,15,16,17,18). The first-order valence-corrected chi connectivity index (χ1v) is 6.55. The Kier molecular flexibility index (Phi) is 5.46. The maximum absolute atomic E-state index is 9.19. The van der Waals surface area contributed by atoms with Crippen molar-refractivity contribution >= 4 is 17.8 Å². The molecule has 8 heteroatoms. The third kappa shape index (κ3) is 4.46. The fourth-order valence-electron chi connectivity index (χ4n) is 1.70. The molecule has 0 aromatic carbocycles. The molecule has 0 saturated carbocycles. The smallest absolute Gasteiger partial charge is 0.243 e. The molecule has 5 N–H and O–H groups in total. The van der Waals surface area contributed by atoms with E-state index in [4.69, 9.17) is 5.84 Å². The monoisotopic (exact) mass is 283 g/mol. The summed E-state index contributed by atoms with van der Waals surface area (Å²) in [5.74, 6) is 6.61. The van der Waals surface area contributed by atoms with Crippen molar-refractivity contribution in [2.45, 2.75) is 33.2 Å². The molecule has 0 fully saturated rings. The second-order valence-electron chi connectivity index (χ2n) is 5.90. The molecule has 1 unspecified atom stereocenters. The molecule has 1 rings (SSSR count). The van der Waals surface area contributed by atoms with Crippen molar-refractivity contribution in [1.29, 1.82) is 0 Å². The quantitative estimate of drug-likeness (QED) is 0.439. The summed E-state index contributed by atoms with van der Waals surface area (Å²) < 4.78 is 0. The molecule has 114 valence electrons. The lowest BCUT2D eigenvalue weighted by atomic mass is 9.85. The zero-order valence-electron chi connectivity index (χ0n) is 12.8. The highest BCUT2D eigenvalue weighted by Crippen LogP contribution is 2.25. The van der Waals surface area contributed by atoms with E-state index in [-0.39, 0.29) is 18.1 Å². The normalized spacial score (nSPS) is 12.9. The van der Waals surface area contributed by atoms with Crippen LogP contribution in [0.4, 0.5) is 17.8 Å². The number of nitrogen functional groups attached to an aromatic ring is 1. The molecule has 1 atom stereocenters. The van der Waals surface area contributed by atoms with E-state index in [9.17, 15) is 5.11 Å². The molecule has 0 spiro atoms. The molecule has 1 heterocycles. The Morgan fingerprint density at radius 3 is 2.25 bits per heavy atom. The lowest BCUT2D eigenvalue weighted by Gasteiger charge is -2.31. The van der Waals surface area contributed by atoms with Crippen LogP contribution in [0, 0.1) is 5.41 Å². The molecule has 0 aliphatic heterocycles. The fraction of sp³-hybridized carbons (Fsp3) is 0.750. The Morgan fingerprint density at radius 2 is 1.80 bits per heavy atom. The van der Waals surface area contributed by atoms with E-state index in [1.54, 1.807) is 4.90 Å². The van der Waals surface area contributed by atoms with Gasteiger partial charge in [0.05, 0.1) is 0 Å². The van der Waals surface area contributed by atoms with Gasteiger partial charge in [-0.15, -0.1) is 0 Å². The van der Waals surface area contributed by atoms with E-state index < -0.39 is 0 Å². The molecule has 0 bridgehead atoms. The van der Waals surface area contributed by atoms with Crippen LogP contribution in [0.3, 0.4) is 0 Å². The second-order valence-corrected chi connectivity index (χ2v) is 5.90. The van der Waals surface area contributed by atoms with Crippen molar-refractivity contribution in [3.8, 4) is 0 Å². The third-order valence-corrected chi connectivity index (χ3v) is 2.92. The van der Waals surface area contributed by atoms with Gasteiger partial charge in [-0.25, -0.2) is 5.84 Å². The van der Waals surface area contributed by atoms with Crippen LogP contribution in [-0.2, 0) is 0 Å². The predicted molar refractivity (Wildman–Crippen MR) is 80.5 cm³/mol. The Morgan fingerprint density at radius 1 is 1.20 bits per heavy atom. The topological polar surface area (TPSA) is 112 Å². The van der Waals surface area contributed by atoms with Crippen molar-refractivity contribution < 1.29 is 5.11 Å². The van der Waals surface area contributed by atoms with Gasteiger partial charge >= 0.3 is 0 Å². The van der Waals surface area contributed by atoms with Crippen LogP contribution >= 0.6 is 0 Å². The Balaban J connectivity index is 3.02. The number of aromatic nitrogens is 3. The van der Waals surface area contributed by atoms with Crippen molar-refractivity contribution in [3.05, 3.63) is 0 Å². The Hall–Kier alpha value is -1.67. The van der Waals surface area contributed by atoms with E-state index in [0.717, 1.165) is 0 Å². The van der Waals surface area contributed by atoms with Gasteiger partial charge in [0.1, 0.15) is 0 Å². The number of aliphatic hydroxyl groups is 1. The van der Waals surface area contributed by atoms with E-state index in [1.807, 2.05) is 14.1 Å². The van der Waals surface area contributed by atoms with Gasteiger partial charge in [-0.05, 0) is 11.8 Å². The maximum Gasteiger partial charge on any atom is 0.243 e. The van der Waals surface area contributed by atoms with Gasteiger partial charge in [0.2, 0.25) is 17.8 Å². The number of rotatable bonds is 6. The number of hydrazine groups is 1. The zero-order valence-corrected chi connectivity index (χ0v) is 12.8. The number of anilines is 3. The average Bonchev–Trinajstić information content (AvgIpc) is 2.36. The largest absolute Gasteiger partial charge is 0.396 e. The summed E-state index contributed by atoms with van der Waals surface area (Å²) in [6.45, 7) is 6.38. The number of aliphatic hydroxyl groups excluding tert-OH is 1. The highest BCUT2D eigenvalue weighted by molar-refractivity contribution is 5.43. The van der Waals surface area contributed by atoms with Crippen LogP contribution in [0.25, 0.3) is 0 Å². The van der Waals surface area contributed by atoms with Crippen LogP contribution in [0.2, 0.25) is 0 Å². The minimum atomic E-state index is -0.0378. The molecule has 0 saturated heterocycles. The summed E-state index contributed by atoms with van der Waals surface area (Å²) in [4.78, 5) is 14.4. The molecule has 0 radical (unpaired) electrons. The number of hydrogen-bond acceptors (Lipinski definition) is 8. The summed E-state index contributed by atoms with van der Waals surface area (Å²) in [6.07, 6.45) is 0.609. The van der Waals surface area contributed by atoms with Gasteiger partial charge in [0.15, 0.2) is 0 Å². The van der Waals surface area contributed by atoms with Crippen LogP contribution in [-0.4, -0.2) is 46.8 Å². The van der Waals surface area contributed by atoms with Gasteiger partial charge in [0.25, 0.3) is 0 Å².